The van der Waals surface area contributed by atoms with Crippen LogP contribution in [0.3, 0.4) is 0 Å². The number of rotatable bonds is 4. The maximum Gasteiger partial charge on any atom is 0.348 e. The van der Waals surface area contributed by atoms with E-state index in [1.165, 1.54) is 23.5 Å². The van der Waals surface area contributed by atoms with Crippen molar-refractivity contribution in [3.63, 3.8) is 0 Å². The standard InChI is InChI=1S/C17H16FN3O2S/c1-4-23-17(22)14-9(2)13-15(19-10(3)20-16(13)24-14)21-12-7-5-11(18)6-8-12/h5-8H,4H2,1-3H3,(H,19,20,21). The van der Waals surface area contributed by atoms with E-state index in [2.05, 4.69) is 15.3 Å². The van der Waals surface area contributed by atoms with E-state index in [0.29, 0.717) is 33.6 Å². The second-order valence-electron chi connectivity index (χ2n) is 5.21. The number of fused-ring (bicyclic) bond motifs is 1. The number of aromatic nitrogens is 2. The highest BCUT2D eigenvalue weighted by Crippen LogP contribution is 2.35. The number of hydrogen-bond donors (Lipinski definition) is 1. The normalized spacial score (nSPS) is 10.8. The van der Waals surface area contributed by atoms with Gasteiger partial charge in [0.1, 0.15) is 27.2 Å². The van der Waals surface area contributed by atoms with Gasteiger partial charge in [-0.1, -0.05) is 0 Å². The number of aryl methyl sites for hydroxylation is 2. The van der Waals surface area contributed by atoms with E-state index < -0.39 is 0 Å². The Morgan fingerprint density at radius 1 is 1.25 bits per heavy atom. The van der Waals surface area contributed by atoms with Crippen molar-refractivity contribution in [2.75, 3.05) is 11.9 Å². The number of halogens is 1. The average molecular weight is 345 g/mol. The summed E-state index contributed by atoms with van der Waals surface area (Å²) in [6.45, 7) is 5.72. The summed E-state index contributed by atoms with van der Waals surface area (Å²) in [6, 6.07) is 6.01. The maximum absolute atomic E-state index is 13.1. The summed E-state index contributed by atoms with van der Waals surface area (Å²) < 4.78 is 18.2. The summed E-state index contributed by atoms with van der Waals surface area (Å²) >= 11 is 1.29. The molecule has 0 saturated heterocycles. The van der Waals surface area contributed by atoms with Crippen LogP contribution in [0.25, 0.3) is 10.2 Å². The van der Waals surface area contributed by atoms with E-state index in [9.17, 15) is 9.18 Å². The molecule has 5 nitrogen and oxygen atoms in total. The summed E-state index contributed by atoms with van der Waals surface area (Å²) in [5.74, 6) is 0.515. The van der Waals surface area contributed by atoms with Crippen molar-refractivity contribution in [3.8, 4) is 0 Å². The number of ether oxygens (including phenoxy) is 1. The first kappa shape index (κ1) is 16.3. The Hall–Kier alpha value is -2.54. The third-order valence-corrected chi connectivity index (χ3v) is 4.64. The quantitative estimate of drug-likeness (QED) is 0.712. The first-order valence-corrected chi connectivity index (χ1v) is 8.28. The molecule has 7 heteroatoms. The zero-order valence-electron chi connectivity index (χ0n) is 13.5. The molecule has 0 aliphatic carbocycles. The molecular weight excluding hydrogens is 329 g/mol. The van der Waals surface area contributed by atoms with Gasteiger partial charge < -0.3 is 10.1 Å². The van der Waals surface area contributed by atoms with Crippen molar-refractivity contribution >= 4 is 39.0 Å². The van der Waals surface area contributed by atoms with E-state index in [-0.39, 0.29) is 11.8 Å². The van der Waals surface area contributed by atoms with Crippen molar-refractivity contribution in [2.24, 2.45) is 0 Å². The number of anilines is 2. The number of thiophene rings is 1. The average Bonchev–Trinajstić information content (AvgIpc) is 2.86. The minimum absolute atomic E-state index is 0.305. The van der Waals surface area contributed by atoms with Gasteiger partial charge in [-0.25, -0.2) is 19.2 Å². The highest BCUT2D eigenvalue weighted by Gasteiger charge is 2.21. The number of nitrogens with one attached hydrogen (secondary N) is 1. The molecule has 24 heavy (non-hydrogen) atoms. The lowest BCUT2D eigenvalue weighted by atomic mass is 10.2. The molecule has 0 amide bonds. The third-order valence-electron chi connectivity index (χ3n) is 3.47. The highest BCUT2D eigenvalue weighted by molar-refractivity contribution is 7.20. The van der Waals surface area contributed by atoms with Crippen molar-refractivity contribution in [3.05, 3.63) is 46.3 Å². The Balaban J connectivity index is 2.09. The first-order chi connectivity index (χ1) is 11.5. The van der Waals surface area contributed by atoms with E-state index in [1.54, 1.807) is 26.0 Å². The predicted octanol–water partition coefficient (Wildman–Crippen LogP) is 4.37. The number of benzene rings is 1. The van der Waals surface area contributed by atoms with E-state index in [1.807, 2.05) is 6.92 Å². The number of carbonyl (C=O) groups excluding carboxylic acids is 1. The Morgan fingerprint density at radius 2 is 1.96 bits per heavy atom. The van der Waals surface area contributed by atoms with Gasteiger partial charge in [0.25, 0.3) is 0 Å². The molecule has 0 saturated carbocycles. The lowest BCUT2D eigenvalue weighted by Gasteiger charge is -2.08. The van der Waals surface area contributed by atoms with Gasteiger partial charge in [-0.05, 0) is 50.6 Å². The minimum Gasteiger partial charge on any atom is -0.462 e. The Morgan fingerprint density at radius 3 is 2.62 bits per heavy atom. The second kappa shape index (κ2) is 6.52. The van der Waals surface area contributed by atoms with Gasteiger partial charge in [0.2, 0.25) is 0 Å². The predicted molar refractivity (Wildman–Crippen MR) is 92.5 cm³/mol. The van der Waals surface area contributed by atoms with Crippen molar-refractivity contribution < 1.29 is 13.9 Å². The Labute approximate surface area is 142 Å². The second-order valence-corrected chi connectivity index (χ2v) is 6.21. The van der Waals surface area contributed by atoms with Crippen LogP contribution in [-0.4, -0.2) is 22.5 Å². The molecule has 3 aromatic rings. The van der Waals surface area contributed by atoms with Gasteiger partial charge in [0, 0.05) is 5.69 Å². The van der Waals surface area contributed by atoms with Crippen molar-refractivity contribution in [1.29, 1.82) is 0 Å². The van der Waals surface area contributed by atoms with Crippen molar-refractivity contribution in [1.82, 2.24) is 9.97 Å². The van der Waals surface area contributed by atoms with Crippen LogP contribution in [-0.2, 0) is 4.74 Å². The van der Waals surface area contributed by atoms with Gasteiger partial charge in [-0.3, -0.25) is 0 Å². The van der Waals surface area contributed by atoms with Crippen LogP contribution in [0, 0.1) is 19.7 Å². The molecule has 0 radical (unpaired) electrons. The molecule has 0 unspecified atom stereocenters. The SMILES string of the molecule is CCOC(=O)c1sc2nc(C)nc(Nc3ccc(F)cc3)c2c1C. The van der Waals surface area contributed by atoms with Gasteiger partial charge in [0.05, 0.1) is 12.0 Å². The zero-order chi connectivity index (χ0) is 17.3. The molecule has 2 aromatic heterocycles. The topological polar surface area (TPSA) is 64.1 Å². The fourth-order valence-corrected chi connectivity index (χ4v) is 3.52. The molecule has 0 aliphatic rings. The minimum atomic E-state index is -0.358. The monoisotopic (exact) mass is 345 g/mol. The number of carbonyl (C=O) groups is 1. The van der Waals surface area contributed by atoms with Gasteiger partial charge in [-0.15, -0.1) is 11.3 Å². The molecule has 3 rings (SSSR count). The summed E-state index contributed by atoms with van der Waals surface area (Å²) in [7, 11) is 0. The fraction of sp³-hybridized carbons (Fsp3) is 0.235. The molecule has 0 bridgehead atoms. The maximum atomic E-state index is 13.1. The van der Waals surface area contributed by atoms with Gasteiger partial charge >= 0.3 is 5.97 Å². The summed E-state index contributed by atoms with van der Waals surface area (Å²) in [5.41, 5.74) is 1.48. The molecule has 1 aromatic carbocycles. The lowest BCUT2D eigenvalue weighted by molar-refractivity contribution is 0.0531. The number of nitrogens with zero attached hydrogens (tertiary/aromatic N) is 2. The molecule has 124 valence electrons. The third kappa shape index (κ3) is 3.07. The smallest absolute Gasteiger partial charge is 0.348 e. The fourth-order valence-electron chi connectivity index (χ4n) is 2.40. The Kier molecular flexibility index (Phi) is 4.44. The molecule has 0 aliphatic heterocycles. The summed E-state index contributed by atoms with van der Waals surface area (Å²) in [4.78, 5) is 22.2. The van der Waals surface area contributed by atoms with Gasteiger partial charge in [0.15, 0.2) is 0 Å². The molecule has 0 spiro atoms. The molecule has 1 N–H and O–H groups in total. The van der Waals surface area contributed by atoms with Crippen LogP contribution in [0.4, 0.5) is 15.9 Å². The van der Waals surface area contributed by atoms with E-state index in [0.717, 1.165) is 10.9 Å². The number of hydrogen-bond acceptors (Lipinski definition) is 6. The molecule has 0 atom stereocenters. The van der Waals surface area contributed by atoms with Crippen LogP contribution in [0.15, 0.2) is 24.3 Å². The van der Waals surface area contributed by atoms with Crippen LogP contribution in [0.2, 0.25) is 0 Å². The van der Waals surface area contributed by atoms with Crippen LogP contribution in [0.5, 0.6) is 0 Å². The van der Waals surface area contributed by atoms with Crippen LogP contribution >= 0.6 is 11.3 Å². The summed E-state index contributed by atoms with van der Waals surface area (Å²) in [6.07, 6.45) is 0. The number of esters is 1. The highest BCUT2D eigenvalue weighted by atomic mass is 32.1. The lowest BCUT2D eigenvalue weighted by Crippen LogP contribution is -2.03. The van der Waals surface area contributed by atoms with Crippen LogP contribution in [0.1, 0.15) is 28.0 Å². The largest absolute Gasteiger partial charge is 0.462 e. The van der Waals surface area contributed by atoms with Crippen LogP contribution < -0.4 is 5.32 Å². The molecule has 2 heterocycles. The van der Waals surface area contributed by atoms with E-state index in [4.69, 9.17) is 4.74 Å². The van der Waals surface area contributed by atoms with Gasteiger partial charge in [-0.2, -0.15) is 0 Å². The van der Waals surface area contributed by atoms with Crippen molar-refractivity contribution in [2.45, 2.75) is 20.8 Å². The first-order valence-electron chi connectivity index (χ1n) is 7.47. The molecule has 0 fully saturated rings. The van der Waals surface area contributed by atoms with E-state index >= 15 is 0 Å². The Bertz CT molecular complexity index is 906. The summed E-state index contributed by atoms with van der Waals surface area (Å²) in [5, 5.41) is 3.95. The zero-order valence-corrected chi connectivity index (χ0v) is 14.3. The molecular formula is C17H16FN3O2S.